The number of likely N-dealkylation sites (tertiary alicyclic amines) is 1. The Morgan fingerprint density at radius 3 is 2.69 bits per heavy atom. The Kier molecular flexibility index (Phi) is 5.27. The molecule has 1 aliphatic rings. The summed E-state index contributed by atoms with van der Waals surface area (Å²) in [5, 5.41) is 18.1. The minimum Gasteiger partial charge on any atom is -0.481 e. The van der Waals surface area contributed by atoms with E-state index in [9.17, 15) is 14.7 Å². The average Bonchev–Trinajstić information content (AvgIpc) is 3.27. The van der Waals surface area contributed by atoms with Crippen LogP contribution in [0.4, 0.5) is 0 Å². The van der Waals surface area contributed by atoms with Crippen molar-refractivity contribution < 1.29 is 14.7 Å². The first-order valence-corrected chi connectivity index (χ1v) is 8.91. The molecule has 138 valence electrons. The van der Waals surface area contributed by atoms with Gasteiger partial charge >= 0.3 is 5.97 Å². The number of benzene rings is 1. The third kappa shape index (κ3) is 3.72. The normalized spacial score (nSPS) is 19.3. The fourth-order valence-corrected chi connectivity index (χ4v) is 3.55. The highest BCUT2D eigenvalue weighted by Crippen LogP contribution is 2.31. The van der Waals surface area contributed by atoms with Crippen molar-refractivity contribution in [1.29, 1.82) is 0 Å². The average molecular weight is 377 g/mol. The van der Waals surface area contributed by atoms with Crippen LogP contribution in [0, 0.1) is 0 Å². The van der Waals surface area contributed by atoms with Gasteiger partial charge in [0.2, 0.25) is 5.91 Å². The van der Waals surface area contributed by atoms with Crippen molar-refractivity contribution >= 4 is 23.5 Å². The Morgan fingerprint density at radius 2 is 2.08 bits per heavy atom. The highest BCUT2D eigenvalue weighted by Gasteiger charge is 2.40. The van der Waals surface area contributed by atoms with Gasteiger partial charge in [-0.05, 0) is 37.5 Å². The van der Waals surface area contributed by atoms with Crippen molar-refractivity contribution in [3.63, 3.8) is 0 Å². The van der Waals surface area contributed by atoms with E-state index in [-0.39, 0.29) is 18.4 Å². The Hall–Kier alpha value is -2.41. The lowest BCUT2D eigenvalue weighted by molar-refractivity contribution is -0.147. The molecule has 0 bridgehead atoms. The summed E-state index contributed by atoms with van der Waals surface area (Å²) in [7, 11) is 0. The van der Waals surface area contributed by atoms with Crippen LogP contribution in [0.2, 0.25) is 5.02 Å². The largest absolute Gasteiger partial charge is 0.481 e. The molecule has 1 aliphatic heterocycles. The molecule has 0 aliphatic carbocycles. The molecule has 1 fully saturated rings. The molecule has 1 N–H and O–H groups in total. The molecule has 0 saturated carbocycles. The first-order valence-electron chi connectivity index (χ1n) is 8.53. The van der Waals surface area contributed by atoms with Crippen LogP contribution < -0.4 is 0 Å². The molecular weight excluding hydrogens is 356 g/mol. The summed E-state index contributed by atoms with van der Waals surface area (Å²) >= 11 is 5.90. The van der Waals surface area contributed by atoms with Gasteiger partial charge in [0.05, 0.1) is 24.2 Å². The highest BCUT2D eigenvalue weighted by molar-refractivity contribution is 6.30. The molecule has 8 heteroatoms. The summed E-state index contributed by atoms with van der Waals surface area (Å²) in [6.45, 7) is 2.78. The summed E-state index contributed by atoms with van der Waals surface area (Å²) in [4.78, 5) is 26.7. The van der Waals surface area contributed by atoms with Crippen molar-refractivity contribution in [2.45, 2.75) is 44.2 Å². The third-order valence-corrected chi connectivity index (χ3v) is 5.28. The van der Waals surface area contributed by atoms with E-state index in [1.54, 1.807) is 53.2 Å². The number of halogens is 1. The number of hydrogen-bond donors (Lipinski definition) is 1. The summed E-state index contributed by atoms with van der Waals surface area (Å²) in [5.74, 6) is -1.19. The topological polar surface area (TPSA) is 88.3 Å². The summed E-state index contributed by atoms with van der Waals surface area (Å²) in [5.41, 5.74) is -0.739. The lowest BCUT2D eigenvalue weighted by Gasteiger charge is -2.30. The van der Waals surface area contributed by atoms with Crippen LogP contribution >= 0.6 is 11.6 Å². The van der Waals surface area contributed by atoms with Gasteiger partial charge in [0.1, 0.15) is 0 Å². The van der Waals surface area contributed by atoms with Gasteiger partial charge in [-0.1, -0.05) is 28.9 Å². The van der Waals surface area contributed by atoms with Crippen molar-refractivity contribution in [3.8, 4) is 0 Å². The quantitative estimate of drug-likeness (QED) is 0.836. The second kappa shape index (κ2) is 7.45. The van der Waals surface area contributed by atoms with Gasteiger partial charge in [0.25, 0.3) is 0 Å². The van der Waals surface area contributed by atoms with Crippen LogP contribution in [0.25, 0.3) is 0 Å². The van der Waals surface area contributed by atoms with Crippen LogP contribution in [0.3, 0.4) is 0 Å². The van der Waals surface area contributed by atoms with E-state index in [0.29, 0.717) is 23.7 Å². The number of amides is 1. The van der Waals surface area contributed by atoms with E-state index in [2.05, 4.69) is 10.3 Å². The van der Waals surface area contributed by atoms with Crippen LogP contribution in [-0.4, -0.2) is 49.5 Å². The van der Waals surface area contributed by atoms with Crippen molar-refractivity contribution in [1.82, 2.24) is 19.9 Å². The van der Waals surface area contributed by atoms with Crippen molar-refractivity contribution in [3.05, 3.63) is 47.2 Å². The minimum absolute atomic E-state index is 0.00691. The molecule has 0 spiro atoms. The molecule has 2 heterocycles. The van der Waals surface area contributed by atoms with Gasteiger partial charge in [0, 0.05) is 24.2 Å². The first-order chi connectivity index (χ1) is 12.4. The number of aromatic nitrogens is 3. The molecule has 1 aromatic heterocycles. The zero-order valence-electron chi connectivity index (χ0n) is 14.5. The van der Waals surface area contributed by atoms with Gasteiger partial charge in [-0.2, -0.15) is 0 Å². The predicted molar refractivity (Wildman–Crippen MR) is 95.8 cm³/mol. The van der Waals surface area contributed by atoms with E-state index in [4.69, 9.17) is 11.6 Å². The molecular formula is C18H21ClN4O3. The van der Waals surface area contributed by atoms with E-state index in [1.165, 1.54) is 0 Å². The Labute approximate surface area is 156 Å². The minimum atomic E-state index is -1.30. The molecule has 26 heavy (non-hydrogen) atoms. The van der Waals surface area contributed by atoms with Gasteiger partial charge in [-0.15, -0.1) is 5.10 Å². The van der Waals surface area contributed by atoms with Crippen LogP contribution in [0.15, 0.2) is 36.7 Å². The van der Waals surface area contributed by atoms with Crippen molar-refractivity contribution in [2.24, 2.45) is 0 Å². The monoisotopic (exact) mass is 376 g/mol. The Morgan fingerprint density at radius 1 is 1.35 bits per heavy atom. The maximum absolute atomic E-state index is 12.9. The molecule has 1 aromatic carbocycles. The third-order valence-electron chi connectivity index (χ3n) is 5.03. The molecule has 7 nitrogen and oxygen atoms in total. The van der Waals surface area contributed by atoms with Crippen LogP contribution in [0.1, 0.15) is 31.7 Å². The smallest absolute Gasteiger partial charge is 0.314 e. The Bertz CT molecular complexity index is 778. The zero-order valence-corrected chi connectivity index (χ0v) is 15.3. The summed E-state index contributed by atoms with van der Waals surface area (Å²) < 4.78 is 1.70. The van der Waals surface area contributed by atoms with Crippen molar-refractivity contribution in [2.75, 3.05) is 6.54 Å². The van der Waals surface area contributed by atoms with Crippen LogP contribution in [0.5, 0.6) is 0 Å². The maximum atomic E-state index is 12.9. The fourth-order valence-electron chi connectivity index (χ4n) is 3.42. The first kappa shape index (κ1) is 18.4. The molecule has 1 amide bonds. The lowest BCUT2D eigenvalue weighted by Crippen LogP contribution is -2.44. The molecule has 0 radical (unpaired) electrons. The number of rotatable bonds is 6. The lowest BCUT2D eigenvalue weighted by atomic mass is 9.79. The number of hydrogen-bond acceptors (Lipinski definition) is 4. The second-order valence-electron chi connectivity index (χ2n) is 6.83. The van der Waals surface area contributed by atoms with E-state index < -0.39 is 11.4 Å². The number of nitrogens with zero attached hydrogens (tertiary/aromatic N) is 4. The van der Waals surface area contributed by atoms with E-state index >= 15 is 0 Å². The molecule has 2 aromatic rings. The Balaban J connectivity index is 1.77. The fraction of sp³-hybridized carbons (Fsp3) is 0.444. The standard InChI is InChI=1S/C18H21ClN4O3/c1-18(17(25)26,13-4-6-14(19)7-5-13)11-16(24)23-9-2-3-15(23)12-22-10-8-20-21-22/h4-8,10,15H,2-3,9,11-12H2,1H3,(H,25,26)/t15-,18?/m0/s1. The van der Waals surface area contributed by atoms with Gasteiger partial charge in [-0.3, -0.25) is 14.3 Å². The molecule has 1 saturated heterocycles. The number of carboxylic acid groups (broad SMARTS) is 1. The molecule has 1 unspecified atom stereocenters. The van der Waals surface area contributed by atoms with Gasteiger partial charge in [-0.25, -0.2) is 0 Å². The summed E-state index contributed by atoms with van der Waals surface area (Å²) in [6.07, 6.45) is 5.03. The number of carboxylic acids is 1. The van der Waals surface area contributed by atoms with Gasteiger partial charge in [0.15, 0.2) is 0 Å². The van der Waals surface area contributed by atoms with E-state index in [0.717, 1.165) is 12.8 Å². The number of aliphatic carboxylic acids is 1. The number of carbonyl (C=O) groups is 2. The van der Waals surface area contributed by atoms with Crippen LogP contribution in [-0.2, 0) is 21.5 Å². The highest BCUT2D eigenvalue weighted by atomic mass is 35.5. The molecule has 3 rings (SSSR count). The maximum Gasteiger partial charge on any atom is 0.314 e. The zero-order chi connectivity index (χ0) is 18.7. The number of carbonyl (C=O) groups excluding carboxylic acids is 1. The molecule has 2 atom stereocenters. The predicted octanol–water partition coefficient (Wildman–Crippen LogP) is 2.36. The SMILES string of the molecule is CC(CC(=O)N1CCC[C@H]1Cn1ccnn1)(C(=O)O)c1ccc(Cl)cc1. The summed E-state index contributed by atoms with van der Waals surface area (Å²) in [6, 6.07) is 6.63. The van der Waals surface area contributed by atoms with E-state index in [1.807, 2.05) is 0 Å². The second-order valence-corrected chi connectivity index (χ2v) is 7.27. The van der Waals surface area contributed by atoms with Gasteiger partial charge < -0.3 is 10.0 Å².